The fourth-order valence-electron chi connectivity index (χ4n) is 1.49. The van der Waals surface area contributed by atoms with Crippen molar-refractivity contribution < 1.29 is 13.9 Å². The molecule has 1 aromatic rings. The molecule has 5 heteroatoms. The van der Waals surface area contributed by atoms with E-state index in [1.165, 1.54) is 13.2 Å². The predicted octanol–water partition coefficient (Wildman–Crippen LogP) is 2.72. The number of benzene rings is 1. The van der Waals surface area contributed by atoms with E-state index in [9.17, 15) is 9.18 Å². The fraction of sp³-hybridized carbons (Fsp3) is 0.462. The lowest BCUT2D eigenvalue weighted by molar-refractivity contribution is -0.139. The van der Waals surface area contributed by atoms with Gasteiger partial charge in [0.2, 0.25) is 0 Å². The number of hydrogen-bond acceptors (Lipinski definition) is 3. The van der Waals surface area contributed by atoms with E-state index >= 15 is 0 Å². The maximum Gasteiger partial charge on any atom is 0.320 e. The molecule has 2 unspecified atom stereocenters. The van der Waals surface area contributed by atoms with E-state index in [4.69, 9.17) is 0 Å². The highest BCUT2D eigenvalue weighted by molar-refractivity contribution is 9.10. The third-order valence-corrected chi connectivity index (χ3v) is 3.45. The van der Waals surface area contributed by atoms with Crippen LogP contribution in [0.15, 0.2) is 18.2 Å². The summed E-state index contributed by atoms with van der Waals surface area (Å²) in [7, 11) is 1.34. The molecule has 100 valence electrons. The van der Waals surface area contributed by atoms with Crippen molar-refractivity contribution in [2.24, 2.45) is 0 Å². The fourth-order valence-corrected chi connectivity index (χ4v) is 1.86. The van der Waals surface area contributed by atoms with Crippen molar-refractivity contribution in [2.75, 3.05) is 13.7 Å². The molecule has 0 saturated heterocycles. The van der Waals surface area contributed by atoms with Gasteiger partial charge in [-0.3, -0.25) is 4.79 Å². The van der Waals surface area contributed by atoms with E-state index in [1.807, 2.05) is 13.0 Å². The number of ether oxygens (including phenoxy) is 1. The molecule has 0 aromatic heterocycles. The summed E-state index contributed by atoms with van der Waals surface area (Å²) in [6.07, 6.45) is 0. The molecule has 0 aliphatic carbocycles. The topological polar surface area (TPSA) is 38.3 Å². The van der Waals surface area contributed by atoms with Gasteiger partial charge in [0.1, 0.15) is 10.6 Å². The molecule has 0 heterocycles. The Hall–Kier alpha value is -0.940. The van der Waals surface area contributed by atoms with Gasteiger partial charge in [-0.2, -0.15) is 0 Å². The van der Waals surface area contributed by atoms with Crippen molar-refractivity contribution in [3.05, 3.63) is 35.1 Å². The highest BCUT2D eigenvalue weighted by Crippen LogP contribution is 2.16. The summed E-state index contributed by atoms with van der Waals surface area (Å²) in [5.74, 6) is -0.547. The van der Waals surface area contributed by atoms with Gasteiger partial charge in [0.25, 0.3) is 0 Å². The van der Waals surface area contributed by atoms with Gasteiger partial charge < -0.3 is 10.1 Å². The van der Waals surface area contributed by atoms with Crippen molar-refractivity contribution in [1.29, 1.82) is 0 Å². The Morgan fingerprint density at radius 2 is 2.22 bits per heavy atom. The van der Waals surface area contributed by atoms with Crippen LogP contribution in [0.4, 0.5) is 4.39 Å². The number of alkyl halides is 1. The lowest BCUT2D eigenvalue weighted by Gasteiger charge is -2.16. The van der Waals surface area contributed by atoms with Gasteiger partial charge in [-0.05, 0) is 31.0 Å². The minimum Gasteiger partial charge on any atom is -0.468 e. The Morgan fingerprint density at radius 1 is 1.56 bits per heavy atom. The predicted molar refractivity (Wildman–Crippen MR) is 72.3 cm³/mol. The number of carbonyl (C=O) groups excluding carboxylic acids is 1. The molecule has 0 saturated carbocycles. The minimum absolute atomic E-state index is 0.0372. The van der Waals surface area contributed by atoms with Crippen LogP contribution >= 0.6 is 15.9 Å². The highest BCUT2D eigenvalue weighted by Gasteiger charge is 2.16. The highest BCUT2D eigenvalue weighted by atomic mass is 79.9. The number of esters is 1. The van der Waals surface area contributed by atoms with Crippen molar-refractivity contribution >= 4 is 21.9 Å². The minimum atomic E-state index is -0.403. The van der Waals surface area contributed by atoms with Crippen molar-refractivity contribution in [3.8, 4) is 0 Å². The Labute approximate surface area is 115 Å². The molecule has 0 amide bonds. The summed E-state index contributed by atoms with van der Waals surface area (Å²) in [4.78, 5) is 10.8. The van der Waals surface area contributed by atoms with Gasteiger partial charge in [-0.15, -0.1) is 0 Å². The first-order valence-electron chi connectivity index (χ1n) is 5.67. The van der Waals surface area contributed by atoms with Crippen LogP contribution < -0.4 is 5.32 Å². The molecular weight excluding hydrogens is 301 g/mol. The Morgan fingerprint density at radius 3 is 2.78 bits per heavy atom. The van der Waals surface area contributed by atoms with E-state index in [1.54, 1.807) is 13.0 Å². The molecule has 18 heavy (non-hydrogen) atoms. The maximum atomic E-state index is 13.4. The van der Waals surface area contributed by atoms with E-state index in [0.29, 0.717) is 12.1 Å². The molecule has 0 fully saturated rings. The van der Waals surface area contributed by atoms with Crippen LogP contribution in [0, 0.1) is 12.7 Å². The number of methoxy groups -OCH3 is 1. The first-order chi connectivity index (χ1) is 8.45. The molecule has 1 aromatic carbocycles. The summed E-state index contributed by atoms with van der Waals surface area (Å²) >= 11 is 3.22. The van der Waals surface area contributed by atoms with Crippen LogP contribution in [0.5, 0.6) is 0 Å². The summed E-state index contributed by atoms with van der Waals surface area (Å²) in [5.41, 5.74) is 1.47. The Bertz CT molecular complexity index is 425. The van der Waals surface area contributed by atoms with Crippen LogP contribution in [0.3, 0.4) is 0 Å². The number of rotatable bonds is 5. The quantitative estimate of drug-likeness (QED) is 0.670. The van der Waals surface area contributed by atoms with Gasteiger partial charge in [0, 0.05) is 12.6 Å². The normalized spacial score (nSPS) is 14.1. The summed E-state index contributed by atoms with van der Waals surface area (Å²) in [5, 5.41) is 3.15. The number of aryl methyl sites for hydroxylation is 1. The average molecular weight is 318 g/mol. The summed E-state index contributed by atoms with van der Waals surface area (Å²) in [6, 6.07) is 5.09. The van der Waals surface area contributed by atoms with Crippen LogP contribution in [-0.4, -0.2) is 24.5 Å². The van der Waals surface area contributed by atoms with E-state index < -0.39 is 4.83 Å². The standard InChI is InChI=1S/C13H17BrFNO2/c1-8-4-5-10(6-12(8)15)9(2)16-7-11(14)13(17)18-3/h4-6,9,11,16H,7H2,1-3H3. The van der Waals surface area contributed by atoms with Crippen molar-refractivity contribution in [1.82, 2.24) is 5.32 Å². The zero-order chi connectivity index (χ0) is 13.7. The number of carbonyl (C=O) groups is 1. The van der Waals surface area contributed by atoms with Crippen molar-refractivity contribution in [2.45, 2.75) is 24.7 Å². The number of halogens is 2. The van der Waals surface area contributed by atoms with E-state index in [-0.39, 0.29) is 17.8 Å². The zero-order valence-electron chi connectivity index (χ0n) is 10.7. The van der Waals surface area contributed by atoms with Gasteiger partial charge in [0.15, 0.2) is 0 Å². The molecule has 0 bridgehead atoms. The molecule has 2 atom stereocenters. The molecule has 1 N–H and O–H groups in total. The summed E-state index contributed by atoms with van der Waals surface area (Å²) < 4.78 is 18.0. The van der Waals surface area contributed by atoms with Crippen LogP contribution in [0.1, 0.15) is 24.1 Å². The molecule has 0 aliphatic heterocycles. The third kappa shape index (κ3) is 4.07. The summed E-state index contributed by atoms with van der Waals surface area (Å²) in [6.45, 7) is 4.06. The Balaban J connectivity index is 2.57. The van der Waals surface area contributed by atoms with Gasteiger partial charge in [-0.1, -0.05) is 28.1 Å². The second-order valence-corrected chi connectivity index (χ2v) is 5.23. The largest absolute Gasteiger partial charge is 0.468 e. The first-order valence-corrected chi connectivity index (χ1v) is 6.58. The maximum absolute atomic E-state index is 13.4. The van der Waals surface area contributed by atoms with Gasteiger partial charge in [-0.25, -0.2) is 4.39 Å². The molecule has 0 aliphatic rings. The van der Waals surface area contributed by atoms with Gasteiger partial charge in [0.05, 0.1) is 7.11 Å². The second-order valence-electron chi connectivity index (χ2n) is 4.13. The lowest BCUT2D eigenvalue weighted by atomic mass is 10.1. The number of nitrogens with one attached hydrogen (secondary N) is 1. The SMILES string of the molecule is COC(=O)C(Br)CNC(C)c1ccc(C)c(F)c1. The smallest absolute Gasteiger partial charge is 0.320 e. The molecule has 0 spiro atoms. The zero-order valence-corrected chi connectivity index (χ0v) is 12.3. The average Bonchev–Trinajstić information content (AvgIpc) is 2.37. The van der Waals surface area contributed by atoms with Crippen LogP contribution in [0.2, 0.25) is 0 Å². The molecule has 3 nitrogen and oxygen atoms in total. The van der Waals surface area contributed by atoms with E-state index in [0.717, 1.165) is 5.56 Å². The Kier molecular flexibility index (Phi) is 5.75. The van der Waals surface area contributed by atoms with E-state index in [2.05, 4.69) is 26.0 Å². The monoisotopic (exact) mass is 317 g/mol. The van der Waals surface area contributed by atoms with Crippen LogP contribution in [-0.2, 0) is 9.53 Å². The molecule has 0 radical (unpaired) electrons. The molecule has 1 rings (SSSR count). The van der Waals surface area contributed by atoms with Crippen LogP contribution in [0.25, 0.3) is 0 Å². The molecular formula is C13H17BrFNO2. The first kappa shape index (κ1) is 15.1. The van der Waals surface area contributed by atoms with Gasteiger partial charge >= 0.3 is 5.97 Å². The number of hydrogen-bond donors (Lipinski definition) is 1. The lowest BCUT2D eigenvalue weighted by Crippen LogP contribution is -2.31. The van der Waals surface area contributed by atoms with Crippen molar-refractivity contribution in [3.63, 3.8) is 0 Å². The third-order valence-electron chi connectivity index (χ3n) is 2.76. The second kappa shape index (κ2) is 6.85.